The molecule has 0 aliphatic carbocycles. The summed E-state index contributed by atoms with van der Waals surface area (Å²) in [6.07, 6.45) is 4.84. The molecule has 0 amide bonds. The summed E-state index contributed by atoms with van der Waals surface area (Å²) in [5, 5.41) is 0. The van der Waals surface area contributed by atoms with Gasteiger partial charge in [0, 0.05) is 17.9 Å². The molecule has 0 aliphatic rings. The molecule has 4 heteroatoms. The number of carbonyl (C=O) groups excluding carboxylic acids is 1. The Morgan fingerprint density at radius 1 is 1.31 bits per heavy atom. The Hall–Kier alpha value is -0.870. The molecular formula is C12H14O2S2. The Balaban J connectivity index is 2.94. The monoisotopic (exact) mass is 254 g/mol. The molecule has 1 unspecified atom stereocenters. The van der Waals surface area contributed by atoms with Gasteiger partial charge in [-0.15, -0.1) is 11.8 Å². The van der Waals surface area contributed by atoms with Gasteiger partial charge in [-0.05, 0) is 13.2 Å². The first-order valence-electron chi connectivity index (χ1n) is 4.74. The third-order valence-corrected chi connectivity index (χ3v) is 4.48. The van der Waals surface area contributed by atoms with Gasteiger partial charge >= 0.3 is 0 Å². The SMILES string of the molecule is CSC(=CC(=O)c1ccc(C)cc1)S(C)=O. The molecule has 16 heavy (non-hydrogen) atoms. The molecule has 0 aromatic heterocycles. The highest BCUT2D eigenvalue weighted by atomic mass is 32.2. The van der Waals surface area contributed by atoms with Crippen molar-refractivity contribution in [1.29, 1.82) is 0 Å². The molecule has 0 heterocycles. The lowest BCUT2D eigenvalue weighted by atomic mass is 10.1. The Morgan fingerprint density at radius 2 is 1.88 bits per heavy atom. The van der Waals surface area contributed by atoms with E-state index < -0.39 is 10.8 Å². The topological polar surface area (TPSA) is 34.1 Å². The number of rotatable bonds is 4. The smallest absolute Gasteiger partial charge is 0.187 e. The van der Waals surface area contributed by atoms with E-state index in [4.69, 9.17) is 0 Å². The van der Waals surface area contributed by atoms with Crippen LogP contribution in [0.4, 0.5) is 0 Å². The first-order valence-corrected chi connectivity index (χ1v) is 7.53. The maximum atomic E-state index is 11.8. The second kappa shape index (κ2) is 6.01. The summed E-state index contributed by atoms with van der Waals surface area (Å²) >= 11 is 1.34. The normalized spacial score (nSPS) is 13.6. The van der Waals surface area contributed by atoms with Crippen LogP contribution in [0.3, 0.4) is 0 Å². The number of benzene rings is 1. The quantitative estimate of drug-likeness (QED) is 0.612. The minimum atomic E-state index is -1.10. The minimum absolute atomic E-state index is 0.0976. The van der Waals surface area contributed by atoms with Crippen LogP contribution in [0, 0.1) is 6.92 Å². The second-order valence-corrected chi connectivity index (χ2v) is 5.81. The molecule has 0 saturated heterocycles. The molecule has 0 spiro atoms. The standard InChI is InChI=1S/C12H14O2S2/c1-9-4-6-10(7-5-9)11(13)8-12(15-2)16(3)14/h4-8H,1-3H3. The highest BCUT2D eigenvalue weighted by Crippen LogP contribution is 2.16. The second-order valence-electron chi connectivity index (χ2n) is 3.35. The van der Waals surface area contributed by atoms with Crippen LogP contribution in [0.15, 0.2) is 34.6 Å². The fourth-order valence-corrected chi connectivity index (χ4v) is 2.60. The number of hydrogen-bond acceptors (Lipinski definition) is 3. The highest BCUT2D eigenvalue weighted by Gasteiger charge is 2.06. The first kappa shape index (κ1) is 13.2. The van der Waals surface area contributed by atoms with Gasteiger partial charge < -0.3 is 0 Å². The van der Waals surface area contributed by atoms with E-state index in [2.05, 4.69) is 0 Å². The predicted molar refractivity (Wildman–Crippen MR) is 71.2 cm³/mol. The Labute approximate surface area is 103 Å². The van der Waals surface area contributed by atoms with Crippen molar-refractivity contribution in [2.24, 2.45) is 0 Å². The van der Waals surface area contributed by atoms with Crippen molar-refractivity contribution in [3.05, 3.63) is 45.7 Å². The molecule has 0 aliphatic heterocycles. The zero-order valence-corrected chi connectivity index (χ0v) is 11.2. The van der Waals surface area contributed by atoms with E-state index >= 15 is 0 Å². The van der Waals surface area contributed by atoms with Crippen LogP contribution in [0.2, 0.25) is 0 Å². The summed E-state index contributed by atoms with van der Waals surface area (Å²) in [6.45, 7) is 1.97. The maximum Gasteiger partial charge on any atom is 0.187 e. The summed E-state index contributed by atoms with van der Waals surface area (Å²) in [7, 11) is -1.10. The molecule has 86 valence electrons. The molecule has 1 rings (SSSR count). The van der Waals surface area contributed by atoms with Gasteiger partial charge in [0.25, 0.3) is 0 Å². The van der Waals surface area contributed by atoms with Gasteiger partial charge in [0.05, 0.1) is 15.0 Å². The van der Waals surface area contributed by atoms with E-state index in [0.717, 1.165) is 5.56 Å². The van der Waals surface area contributed by atoms with Gasteiger partial charge in [-0.2, -0.15) is 0 Å². The van der Waals surface area contributed by atoms with Crippen molar-refractivity contribution in [1.82, 2.24) is 0 Å². The Bertz CT molecular complexity index is 433. The maximum absolute atomic E-state index is 11.8. The van der Waals surface area contributed by atoms with Crippen molar-refractivity contribution in [2.45, 2.75) is 6.92 Å². The third kappa shape index (κ3) is 3.61. The summed E-state index contributed by atoms with van der Waals surface area (Å²) < 4.78 is 11.9. The van der Waals surface area contributed by atoms with Crippen molar-refractivity contribution < 1.29 is 9.00 Å². The van der Waals surface area contributed by atoms with Crippen molar-refractivity contribution >= 4 is 28.3 Å². The van der Waals surface area contributed by atoms with Crippen molar-refractivity contribution in [3.63, 3.8) is 0 Å². The Kier molecular flexibility index (Phi) is 4.96. The van der Waals surface area contributed by atoms with E-state index in [1.54, 1.807) is 18.4 Å². The van der Waals surface area contributed by atoms with Gasteiger partial charge in [-0.1, -0.05) is 29.8 Å². The zero-order valence-electron chi connectivity index (χ0n) is 9.52. The summed E-state index contributed by atoms with van der Waals surface area (Å²) in [5.74, 6) is -0.0976. The number of carbonyl (C=O) groups is 1. The van der Waals surface area contributed by atoms with Gasteiger partial charge in [-0.3, -0.25) is 9.00 Å². The molecule has 0 N–H and O–H groups in total. The number of ketones is 1. The van der Waals surface area contributed by atoms with Gasteiger partial charge in [0.1, 0.15) is 0 Å². The first-order chi connectivity index (χ1) is 7.54. The van der Waals surface area contributed by atoms with Crippen molar-refractivity contribution in [2.75, 3.05) is 12.5 Å². The average molecular weight is 254 g/mol. The van der Waals surface area contributed by atoms with E-state index in [-0.39, 0.29) is 5.78 Å². The molecule has 0 fully saturated rings. The molecule has 1 aromatic rings. The molecule has 0 radical (unpaired) electrons. The fraction of sp³-hybridized carbons (Fsp3) is 0.250. The average Bonchev–Trinajstić information content (AvgIpc) is 2.26. The molecule has 0 saturated carbocycles. The minimum Gasteiger partial charge on any atom is -0.289 e. The lowest BCUT2D eigenvalue weighted by Crippen LogP contribution is -1.98. The van der Waals surface area contributed by atoms with Crippen LogP contribution in [0.1, 0.15) is 15.9 Å². The zero-order chi connectivity index (χ0) is 12.1. The molecular weight excluding hydrogens is 240 g/mol. The number of allylic oxidation sites excluding steroid dienone is 1. The fourth-order valence-electron chi connectivity index (χ4n) is 1.17. The number of thioether (sulfide) groups is 1. The molecule has 0 bridgehead atoms. The lowest BCUT2D eigenvalue weighted by molar-refractivity contribution is 0.104. The van der Waals surface area contributed by atoms with Crippen LogP contribution in [-0.2, 0) is 10.8 Å². The van der Waals surface area contributed by atoms with E-state index in [1.165, 1.54) is 17.8 Å². The number of hydrogen-bond donors (Lipinski definition) is 0. The van der Waals surface area contributed by atoms with Crippen LogP contribution in [0.25, 0.3) is 0 Å². The molecule has 1 atom stereocenters. The van der Waals surface area contributed by atoms with Crippen LogP contribution in [0.5, 0.6) is 0 Å². The van der Waals surface area contributed by atoms with E-state index in [9.17, 15) is 9.00 Å². The van der Waals surface area contributed by atoms with E-state index in [0.29, 0.717) is 9.80 Å². The largest absolute Gasteiger partial charge is 0.289 e. The Morgan fingerprint density at radius 3 is 2.31 bits per heavy atom. The van der Waals surface area contributed by atoms with Crippen LogP contribution >= 0.6 is 11.8 Å². The van der Waals surface area contributed by atoms with Gasteiger partial charge in [0.15, 0.2) is 5.78 Å². The third-order valence-electron chi connectivity index (χ3n) is 2.07. The summed E-state index contributed by atoms with van der Waals surface area (Å²) in [6, 6.07) is 7.35. The lowest BCUT2D eigenvalue weighted by Gasteiger charge is -2.00. The van der Waals surface area contributed by atoms with Gasteiger partial charge in [0.2, 0.25) is 0 Å². The highest BCUT2D eigenvalue weighted by molar-refractivity contribution is 8.15. The summed E-state index contributed by atoms with van der Waals surface area (Å²) in [5.41, 5.74) is 1.74. The predicted octanol–water partition coefficient (Wildman–Crippen LogP) is 2.76. The van der Waals surface area contributed by atoms with Crippen molar-refractivity contribution in [3.8, 4) is 0 Å². The van der Waals surface area contributed by atoms with Crippen LogP contribution < -0.4 is 0 Å². The van der Waals surface area contributed by atoms with Crippen LogP contribution in [-0.4, -0.2) is 22.5 Å². The number of aryl methyl sites for hydroxylation is 1. The van der Waals surface area contributed by atoms with E-state index in [1.807, 2.05) is 25.3 Å². The molecule has 2 nitrogen and oxygen atoms in total. The summed E-state index contributed by atoms with van der Waals surface area (Å²) in [4.78, 5) is 11.8. The van der Waals surface area contributed by atoms with Gasteiger partial charge in [-0.25, -0.2) is 0 Å². The molecule has 1 aromatic carbocycles.